The molecule has 1 saturated carbocycles. The van der Waals surface area contributed by atoms with Crippen molar-refractivity contribution in [1.82, 2.24) is 5.32 Å². The number of hydrogen-bond acceptors (Lipinski definition) is 3. The number of amidine groups is 1. The quantitative estimate of drug-likeness (QED) is 0.678. The lowest BCUT2D eigenvalue weighted by Gasteiger charge is -2.11. The number of urea groups is 1. The molecular formula is C9H12N4O. The normalized spacial score (nSPS) is 25.9. The van der Waals surface area contributed by atoms with Gasteiger partial charge in [-0.15, -0.1) is 5.11 Å². The molecule has 5 heteroatoms. The summed E-state index contributed by atoms with van der Waals surface area (Å²) in [7, 11) is 0. The van der Waals surface area contributed by atoms with Gasteiger partial charge in [-0.25, -0.2) is 4.79 Å². The molecule has 0 aromatic heterocycles. The summed E-state index contributed by atoms with van der Waals surface area (Å²) in [5.41, 5.74) is 0.441. The van der Waals surface area contributed by atoms with Crippen LogP contribution < -0.4 is 5.32 Å². The first-order chi connectivity index (χ1) is 6.75. The number of rotatable bonds is 1. The molecular weight excluding hydrogens is 180 g/mol. The van der Waals surface area contributed by atoms with Crippen molar-refractivity contribution in [3.05, 3.63) is 12.3 Å². The Labute approximate surface area is 82.0 Å². The van der Waals surface area contributed by atoms with E-state index in [1.54, 1.807) is 0 Å². The molecule has 2 rings (SSSR count). The minimum atomic E-state index is -0.464. The molecule has 0 spiro atoms. The monoisotopic (exact) mass is 192 g/mol. The topological polar surface area (TPSA) is 66.2 Å². The van der Waals surface area contributed by atoms with Crippen molar-refractivity contribution >= 4 is 11.9 Å². The van der Waals surface area contributed by atoms with Crippen LogP contribution in [0.3, 0.4) is 0 Å². The highest BCUT2D eigenvalue weighted by molar-refractivity contribution is 6.08. The molecule has 2 amide bonds. The molecule has 0 unspecified atom stereocenters. The van der Waals surface area contributed by atoms with Crippen LogP contribution in [-0.4, -0.2) is 17.9 Å². The van der Waals surface area contributed by atoms with Crippen molar-refractivity contribution in [2.45, 2.75) is 31.7 Å². The highest BCUT2D eigenvalue weighted by atomic mass is 16.2. The van der Waals surface area contributed by atoms with Gasteiger partial charge in [0.25, 0.3) is 0 Å². The first-order valence-electron chi connectivity index (χ1n) is 4.75. The number of aliphatic imine (C=N–C) groups is 1. The number of nitrogens with one attached hydrogen (secondary N) is 1. The molecule has 1 N–H and O–H groups in total. The van der Waals surface area contributed by atoms with E-state index in [0.717, 1.165) is 12.8 Å². The van der Waals surface area contributed by atoms with E-state index in [-0.39, 0.29) is 0 Å². The largest absolute Gasteiger partial charge is 0.365 e. The first-order valence-corrected chi connectivity index (χ1v) is 4.75. The van der Waals surface area contributed by atoms with Gasteiger partial charge in [0.15, 0.2) is 5.84 Å². The lowest BCUT2D eigenvalue weighted by Crippen LogP contribution is -2.32. The van der Waals surface area contributed by atoms with E-state index in [1.807, 2.05) is 0 Å². The molecule has 1 fully saturated rings. The summed E-state index contributed by atoms with van der Waals surface area (Å²) in [6.45, 7) is 3.67. The van der Waals surface area contributed by atoms with Gasteiger partial charge < -0.3 is 0 Å². The summed E-state index contributed by atoms with van der Waals surface area (Å²) >= 11 is 0. The molecule has 5 nitrogen and oxygen atoms in total. The maximum Gasteiger partial charge on any atom is 0.365 e. The third-order valence-electron chi connectivity index (χ3n) is 2.40. The fourth-order valence-corrected chi connectivity index (χ4v) is 1.67. The van der Waals surface area contributed by atoms with Gasteiger partial charge in [0, 0.05) is 0 Å². The van der Waals surface area contributed by atoms with Gasteiger partial charge in [-0.05, 0) is 12.8 Å². The summed E-state index contributed by atoms with van der Waals surface area (Å²) in [5.74, 6) is 0.483. The number of azo groups is 1. The van der Waals surface area contributed by atoms with Crippen molar-refractivity contribution < 1.29 is 4.79 Å². The fourth-order valence-electron chi connectivity index (χ4n) is 1.67. The Morgan fingerprint density at radius 3 is 2.79 bits per heavy atom. The summed E-state index contributed by atoms with van der Waals surface area (Å²) in [6, 6.07) is -0.149. The molecule has 0 aromatic carbocycles. The Kier molecular flexibility index (Phi) is 2.39. The molecule has 1 heterocycles. The predicted octanol–water partition coefficient (Wildman–Crippen LogP) is 2.02. The Bertz CT molecular complexity index is 326. The number of hydrogen-bond donors (Lipinski definition) is 1. The summed E-state index contributed by atoms with van der Waals surface area (Å²) in [5, 5.41) is 9.50. The fraction of sp³-hybridized carbons (Fsp3) is 0.556. The Morgan fingerprint density at radius 2 is 2.07 bits per heavy atom. The molecule has 0 saturated heterocycles. The van der Waals surface area contributed by atoms with E-state index >= 15 is 0 Å². The highest BCUT2D eigenvalue weighted by Gasteiger charge is 2.19. The average molecular weight is 192 g/mol. The smallest absolute Gasteiger partial charge is 0.288 e. The number of carbonyl (C=O) groups is 1. The van der Waals surface area contributed by atoms with Crippen molar-refractivity contribution in [1.29, 1.82) is 0 Å². The summed E-state index contributed by atoms with van der Waals surface area (Å²) in [4.78, 5) is 15.3. The van der Waals surface area contributed by atoms with Crippen LogP contribution >= 0.6 is 0 Å². The van der Waals surface area contributed by atoms with Crippen LogP contribution in [0.5, 0.6) is 0 Å². The number of carbonyl (C=O) groups excluding carboxylic acids is 1. The maximum atomic E-state index is 10.9. The van der Waals surface area contributed by atoms with E-state index in [0.29, 0.717) is 17.6 Å². The zero-order valence-electron chi connectivity index (χ0n) is 7.86. The summed E-state index contributed by atoms with van der Waals surface area (Å²) < 4.78 is 0. The van der Waals surface area contributed by atoms with Crippen LogP contribution in [0.2, 0.25) is 0 Å². The van der Waals surface area contributed by atoms with Gasteiger partial charge in [-0.2, -0.15) is 0 Å². The Hall–Kier alpha value is -1.52. The molecule has 2 aliphatic rings. The lowest BCUT2D eigenvalue weighted by atomic mass is 10.2. The number of nitrogens with zero attached hydrogens (tertiary/aromatic N) is 3. The molecule has 0 atom stereocenters. The second-order valence-corrected chi connectivity index (χ2v) is 3.49. The van der Waals surface area contributed by atoms with Crippen molar-refractivity contribution in [2.24, 2.45) is 15.2 Å². The van der Waals surface area contributed by atoms with Crippen molar-refractivity contribution in [3.8, 4) is 0 Å². The Morgan fingerprint density at radius 1 is 1.36 bits per heavy atom. The van der Waals surface area contributed by atoms with E-state index in [4.69, 9.17) is 0 Å². The van der Waals surface area contributed by atoms with Crippen LogP contribution in [-0.2, 0) is 0 Å². The van der Waals surface area contributed by atoms with Crippen LogP contribution in [0.25, 0.3) is 0 Å². The predicted molar refractivity (Wildman–Crippen MR) is 52.2 cm³/mol. The van der Waals surface area contributed by atoms with Gasteiger partial charge in [-0.3, -0.25) is 10.3 Å². The van der Waals surface area contributed by atoms with Crippen LogP contribution in [0, 0.1) is 0 Å². The molecule has 1 aliphatic carbocycles. The van der Waals surface area contributed by atoms with Gasteiger partial charge in [0.05, 0.1) is 6.04 Å². The highest BCUT2D eigenvalue weighted by Crippen LogP contribution is 2.21. The standard InChI is InChI=1S/C9H12N4O/c1-6-8(11-9(14)13-12-6)10-7-4-2-3-5-7/h7H,1-5H2,(H,10,11,14). The molecule has 0 bridgehead atoms. The molecule has 0 aromatic rings. The maximum absolute atomic E-state index is 10.9. The van der Waals surface area contributed by atoms with Crippen molar-refractivity contribution in [3.63, 3.8) is 0 Å². The van der Waals surface area contributed by atoms with Crippen LogP contribution in [0.15, 0.2) is 27.5 Å². The third kappa shape index (κ3) is 1.86. The Balaban J connectivity index is 2.12. The zero-order chi connectivity index (χ0) is 9.97. The van der Waals surface area contributed by atoms with Gasteiger partial charge in [-0.1, -0.05) is 24.5 Å². The molecule has 14 heavy (non-hydrogen) atoms. The van der Waals surface area contributed by atoms with Gasteiger partial charge >= 0.3 is 6.03 Å². The van der Waals surface area contributed by atoms with Gasteiger partial charge in [0.2, 0.25) is 0 Å². The van der Waals surface area contributed by atoms with E-state index in [2.05, 4.69) is 27.1 Å². The van der Waals surface area contributed by atoms with E-state index in [1.165, 1.54) is 12.8 Å². The van der Waals surface area contributed by atoms with Gasteiger partial charge in [0.1, 0.15) is 5.70 Å². The zero-order valence-corrected chi connectivity index (χ0v) is 7.86. The SMILES string of the molecule is C=C1N=NC(=O)NC1=NC1CCCC1. The molecule has 74 valence electrons. The van der Waals surface area contributed by atoms with E-state index in [9.17, 15) is 4.79 Å². The van der Waals surface area contributed by atoms with E-state index < -0.39 is 6.03 Å². The second kappa shape index (κ2) is 3.69. The average Bonchev–Trinajstić information content (AvgIpc) is 2.64. The third-order valence-corrected chi connectivity index (χ3v) is 2.40. The number of amides is 2. The molecule has 0 radical (unpaired) electrons. The minimum absolute atomic E-state index is 0.315. The lowest BCUT2D eigenvalue weighted by molar-refractivity contribution is 0.251. The summed E-state index contributed by atoms with van der Waals surface area (Å²) in [6.07, 6.45) is 4.60. The van der Waals surface area contributed by atoms with Crippen LogP contribution in [0.4, 0.5) is 4.79 Å². The van der Waals surface area contributed by atoms with Crippen molar-refractivity contribution in [2.75, 3.05) is 0 Å². The molecule has 1 aliphatic heterocycles. The first kappa shape index (κ1) is 9.05. The minimum Gasteiger partial charge on any atom is -0.288 e. The van der Waals surface area contributed by atoms with Crippen LogP contribution in [0.1, 0.15) is 25.7 Å². The second-order valence-electron chi connectivity index (χ2n) is 3.49.